The Morgan fingerprint density at radius 2 is 1.88 bits per heavy atom. The summed E-state index contributed by atoms with van der Waals surface area (Å²) in [6.07, 6.45) is 2.45. The number of nitrogens with zero attached hydrogens (tertiary/aromatic N) is 2. The molecule has 0 atom stereocenters. The summed E-state index contributed by atoms with van der Waals surface area (Å²) >= 11 is 5.81. The van der Waals surface area contributed by atoms with E-state index >= 15 is 0 Å². The summed E-state index contributed by atoms with van der Waals surface area (Å²) in [5.41, 5.74) is 1.14. The molecule has 7 nitrogen and oxygen atoms in total. The molecule has 0 aliphatic heterocycles. The molecule has 0 unspecified atom stereocenters. The van der Waals surface area contributed by atoms with Crippen molar-refractivity contribution in [2.45, 2.75) is 26.8 Å². The van der Waals surface area contributed by atoms with Crippen LogP contribution in [-0.4, -0.2) is 28.3 Å². The number of rotatable bonds is 6. The summed E-state index contributed by atoms with van der Waals surface area (Å²) in [5.74, 6) is -0.314. The number of urea groups is 1. The second-order valence-corrected chi connectivity index (χ2v) is 5.53. The molecule has 0 radical (unpaired) electrons. The van der Waals surface area contributed by atoms with Gasteiger partial charge in [-0.1, -0.05) is 18.5 Å². The summed E-state index contributed by atoms with van der Waals surface area (Å²) in [6, 6.07) is 6.27. The Morgan fingerprint density at radius 3 is 2.50 bits per heavy atom. The van der Waals surface area contributed by atoms with Crippen molar-refractivity contribution in [3.05, 3.63) is 41.2 Å². The Balaban J connectivity index is 2.09. The van der Waals surface area contributed by atoms with Crippen LogP contribution in [0.5, 0.6) is 0 Å². The van der Waals surface area contributed by atoms with Crippen LogP contribution >= 0.6 is 11.6 Å². The lowest BCUT2D eigenvalue weighted by atomic mass is 10.3. The van der Waals surface area contributed by atoms with Crippen LogP contribution in [0, 0.1) is 0 Å². The van der Waals surface area contributed by atoms with E-state index in [0.717, 1.165) is 6.42 Å². The van der Waals surface area contributed by atoms with E-state index in [1.807, 2.05) is 13.8 Å². The van der Waals surface area contributed by atoms with Crippen LogP contribution in [-0.2, 0) is 6.54 Å². The monoisotopic (exact) mass is 349 g/mol. The topological polar surface area (TPSA) is 88.1 Å². The van der Waals surface area contributed by atoms with E-state index in [1.165, 1.54) is 0 Å². The highest BCUT2D eigenvalue weighted by atomic mass is 35.5. The third-order valence-corrected chi connectivity index (χ3v) is 3.44. The van der Waals surface area contributed by atoms with Gasteiger partial charge in [0.2, 0.25) is 0 Å². The summed E-state index contributed by atoms with van der Waals surface area (Å²) in [5, 5.41) is 12.9. The highest BCUT2D eigenvalue weighted by molar-refractivity contribution is 6.30. The second-order valence-electron chi connectivity index (χ2n) is 5.09. The molecular weight excluding hydrogens is 330 g/mol. The molecule has 24 heavy (non-hydrogen) atoms. The van der Waals surface area contributed by atoms with Gasteiger partial charge in [0, 0.05) is 30.0 Å². The van der Waals surface area contributed by atoms with Crippen molar-refractivity contribution < 1.29 is 9.59 Å². The van der Waals surface area contributed by atoms with E-state index in [9.17, 15) is 9.59 Å². The first-order valence-electron chi connectivity index (χ1n) is 7.72. The largest absolute Gasteiger partial charge is 0.351 e. The Bertz CT molecular complexity index is 712. The van der Waals surface area contributed by atoms with Gasteiger partial charge in [0.25, 0.3) is 5.91 Å². The Morgan fingerprint density at radius 1 is 1.17 bits per heavy atom. The maximum Gasteiger partial charge on any atom is 0.323 e. The van der Waals surface area contributed by atoms with Gasteiger partial charge in [-0.15, -0.1) is 0 Å². The highest BCUT2D eigenvalue weighted by Gasteiger charge is 2.18. The van der Waals surface area contributed by atoms with Crippen LogP contribution in [0.25, 0.3) is 0 Å². The number of aromatic nitrogens is 2. The van der Waals surface area contributed by atoms with Crippen LogP contribution in [0.1, 0.15) is 30.8 Å². The van der Waals surface area contributed by atoms with Gasteiger partial charge >= 0.3 is 6.03 Å². The van der Waals surface area contributed by atoms with Crippen molar-refractivity contribution in [1.29, 1.82) is 0 Å². The molecule has 0 saturated heterocycles. The average molecular weight is 350 g/mol. The van der Waals surface area contributed by atoms with E-state index in [-0.39, 0.29) is 11.6 Å². The number of carbonyl (C=O) groups excluding carboxylic acids is 2. The van der Waals surface area contributed by atoms with Crippen LogP contribution in [0.2, 0.25) is 5.02 Å². The number of benzene rings is 1. The summed E-state index contributed by atoms with van der Waals surface area (Å²) in [4.78, 5) is 24.3. The van der Waals surface area contributed by atoms with Crippen LogP contribution in [0.4, 0.5) is 16.2 Å². The smallest absolute Gasteiger partial charge is 0.323 e. The van der Waals surface area contributed by atoms with Gasteiger partial charge in [-0.2, -0.15) is 5.10 Å². The van der Waals surface area contributed by atoms with Crippen molar-refractivity contribution in [1.82, 2.24) is 15.1 Å². The quantitative estimate of drug-likeness (QED) is 0.747. The molecule has 0 fully saturated rings. The zero-order valence-corrected chi connectivity index (χ0v) is 14.4. The molecule has 1 heterocycles. The van der Waals surface area contributed by atoms with Gasteiger partial charge in [0.15, 0.2) is 5.69 Å². The van der Waals surface area contributed by atoms with Gasteiger partial charge in [-0.25, -0.2) is 4.79 Å². The fourth-order valence-electron chi connectivity index (χ4n) is 1.98. The summed E-state index contributed by atoms with van der Waals surface area (Å²) in [7, 11) is 0. The van der Waals surface area contributed by atoms with E-state index in [4.69, 9.17) is 11.6 Å². The number of nitrogens with one attached hydrogen (secondary N) is 3. The lowest BCUT2D eigenvalue weighted by Crippen LogP contribution is -2.27. The fourth-order valence-corrected chi connectivity index (χ4v) is 2.11. The predicted molar refractivity (Wildman–Crippen MR) is 94.6 cm³/mol. The molecule has 0 aliphatic rings. The Kier molecular flexibility index (Phi) is 6.20. The standard InChI is InChI=1S/C16H20ClN5O2/c1-3-9-18-15(23)14-13(10-22(4-2)21-14)20-16(24)19-12-7-5-11(17)6-8-12/h5-8,10H,3-4,9H2,1-2H3,(H,18,23)(H2,19,20,24). The van der Waals surface area contributed by atoms with Gasteiger partial charge in [0.1, 0.15) is 0 Å². The molecule has 8 heteroatoms. The van der Waals surface area contributed by atoms with E-state index in [1.54, 1.807) is 35.1 Å². The molecule has 3 N–H and O–H groups in total. The normalized spacial score (nSPS) is 10.3. The first-order valence-corrected chi connectivity index (χ1v) is 8.10. The van der Waals surface area contributed by atoms with Crippen molar-refractivity contribution in [2.24, 2.45) is 0 Å². The number of hydrogen-bond acceptors (Lipinski definition) is 3. The van der Waals surface area contributed by atoms with Crippen molar-refractivity contribution in [2.75, 3.05) is 17.2 Å². The molecule has 0 saturated carbocycles. The van der Waals surface area contributed by atoms with Gasteiger partial charge in [0.05, 0.1) is 5.69 Å². The minimum atomic E-state index is -0.461. The third-order valence-electron chi connectivity index (χ3n) is 3.19. The molecule has 0 bridgehead atoms. The van der Waals surface area contributed by atoms with E-state index in [0.29, 0.717) is 29.5 Å². The lowest BCUT2D eigenvalue weighted by Gasteiger charge is -2.08. The minimum absolute atomic E-state index is 0.191. The lowest BCUT2D eigenvalue weighted by molar-refractivity contribution is 0.0948. The van der Waals surface area contributed by atoms with Gasteiger partial charge < -0.3 is 16.0 Å². The molecule has 3 amide bonds. The molecule has 2 rings (SSSR count). The predicted octanol–water partition coefficient (Wildman–Crippen LogP) is 3.34. The number of amides is 3. The minimum Gasteiger partial charge on any atom is -0.351 e. The second kappa shape index (κ2) is 8.35. The number of anilines is 2. The Hall–Kier alpha value is -2.54. The van der Waals surface area contributed by atoms with E-state index < -0.39 is 6.03 Å². The Labute approximate surface area is 145 Å². The van der Waals surface area contributed by atoms with Gasteiger partial charge in [-0.05, 0) is 37.6 Å². The number of aryl methyl sites for hydroxylation is 1. The molecular formula is C16H20ClN5O2. The zero-order chi connectivity index (χ0) is 17.5. The number of carbonyl (C=O) groups is 2. The summed E-state index contributed by atoms with van der Waals surface area (Å²) in [6.45, 7) is 5.00. The SMILES string of the molecule is CCCNC(=O)c1nn(CC)cc1NC(=O)Nc1ccc(Cl)cc1. The first-order chi connectivity index (χ1) is 11.5. The molecule has 128 valence electrons. The van der Waals surface area contributed by atoms with Crippen LogP contribution in [0.3, 0.4) is 0 Å². The molecule has 1 aromatic heterocycles. The van der Waals surface area contributed by atoms with E-state index in [2.05, 4.69) is 21.0 Å². The number of hydrogen-bond donors (Lipinski definition) is 3. The van der Waals surface area contributed by atoms with Crippen molar-refractivity contribution in [3.63, 3.8) is 0 Å². The maximum absolute atomic E-state index is 12.2. The maximum atomic E-state index is 12.2. The zero-order valence-electron chi connectivity index (χ0n) is 13.6. The van der Waals surface area contributed by atoms with Gasteiger partial charge in [-0.3, -0.25) is 9.48 Å². The number of halogens is 1. The third kappa shape index (κ3) is 4.73. The summed E-state index contributed by atoms with van der Waals surface area (Å²) < 4.78 is 1.60. The van der Waals surface area contributed by atoms with Crippen LogP contribution in [0.15, 0.2) is 30.5 Å². The first kappa shape index (κ1) is 17.8. The van der Waals surface area contributed by atoms with Crippen LogP contribution < -0.4 is 16.0 Å². The molecule has 0 spiro atoms. The molecule has 0 aliphatic carbocycles. The average Bonchev–Trinajstić information content (AvgIpc) is 2.97. The molecule has 1 aromatic carbocycles. The van der Waals surface area contributed by atoms with Crippen molar-refractivity contribution >= 4 is 34.9 Å². The van der Waals surface area contributed by atoms with Crippen molar-refractivity contribution in [3.8, 4) is 0 Å². The molecule has 2 aromatic rings. The fraction of sp³-hybridized carbons (Fsp3) is 0.312. The highest BCUT2D eigenvalue weighted by Crippen LogP contribution is 2.16.